The molecule has 0 saturated heterocycles. The van der Waals surface area contributed by atoms with Crippen LogP contribution in [0.4, 0.5) is 0 Å². The van der Waals surface area contributed by atoms with Crippen molar-refractivity contribution in [2.45, 2.75) is 19.8 Å². The van der Waals surface area contributed by atoms with Crippen molar-refractivity contribution in [2.75, 3.05) is 11.9 Å². The van der Waals surface area contributed by atoms with Gasteiger partial charge in [-0.3, -0.25) is 4.79 Å². The van der Waals surface area contributed by atoms with Gasteiger partial charge in [0.2, 0.25) is 5.91 Å². The molecule has 0 unspecified atom stereocenters. The highest BCUT2D eigenvalue weighted by Crippen LogP contribution is 1.84. The van der Waals surface area contributed by atoms with Crippen molar-refractivity contribution < 1.29 is 4.79 Å². The van der Waals surface area contributed by atoms with Crippen LogP contribution in [0, 0.1) is 0 Å². The quantitative estimate of drug-likeness (QED) is 0.530. The molecule has 0 bridgehead atoms. The van der Waals surface area contributed by atoms with Crippen LogP contribution >= 0.6 is 15.9 Å². The number of hydrogen-bond acceptors (Lipinski definition) is 1. The van der Waals surface area contributed by atoms with Crippen LogP contribution in [0.5, 0.6) is 0 Å². The predicted octanol–water partition coefficient (Wildman–Crippen LogP) is 1.30. The monoisotopic (exact) mass is 193 g/mol. The SMILES string of the molecule is CCC(=O)NCCCBr. The Morgan fingerprint density at radius 2 is 2.33 bits per heavy atom. The summed E-state index contributed by atoms with van der Waals surface area (Å²) in [7, 11) is 0. The molecule has 9 heavy (non-hydrogen) atoms. The van der Waals surface area contributed by atoms with Crippen molar-refractivity contribution in [1.82, 2.24) is 5.32 Å². The summed E-state index contributed by atoms with van der Waals surface area (Å²) < 4.78 is 0. The second kappa shape index (κ2) is 6.08. The average molecular weight is 194 g/mol. The van der Waals surface area contributed by atoms with E-state index in [-0.39, 0.29) is 5.91 Å². The fourth-order valence-corrected chi connectivity index (χ4v) is 0.700. The van der Waals surface area contributed by atoms with E-state index in [4.69, 9.17) is 0 Å². The van der Waals surface area contributed by atoms with Crippen LogP contribution in [-0.4, -0.2) is 17.8 Å². The highest BCUT2D eigenvalue weighted by molar-refractivity contribution is 9.09. The molecule has 1 amide bonds. The van der Waals surface area contributed by atoms with E-state index in [0.29, 0.717) is 6.42 Å². The van der Waals surface area contributed by atoms with Crippen LogP contribution in [-0.2, 0) is 4.79 Å². The van der Waals surface area contributed by atoms with E-state index in [1.54, 1.807) is 0 Å². The summed E-state index contributed by atoms with van der Waals surface area (Å²) in [6, 6.07) is 0. The summed E-state index contributed by atoms with van der Waals surface area (Å²) >= 11 is 3.27. The van der Waals surface area contributed by atoms with Gasteiger partial charge in [0, 0.05) is 18.3 Å². The van der Waals surface area contributed by atoms with Gasteiger partial charge in [-0.2, -0.15) is 0 Å². The molecule has 0 atom stereocenters. The molecule has 0 aromatic heterocycles. The minimum absolute atomic E-state index is 0.135. The maximum atomic E-state index is 10.6. The molecule has 1 N–H and O–H groups in total. The lowest BCUT2D eigenvalue weighted by Crippen LogP contribution is -2.23. The Labute approximate surface area is 64.1 Å². The van der Waals surface area contributed by atoms with Crippen molar-refractivity contribution in [3.05, 3.63) is 0 Å². The van der Waals surface area contributed by atoms with Gasteiger partial charge in [-0.15, -0.1) is 0 Å². The molecular formula is C6H12BrNO. The van der Waals surface area contributed by atoms with Gasteiger partial charge < -0.3 is 5.32 Å². The second-order valence-electron chi connectivity index (χ2n) is 1.75. The van der Waals surface area contributed by atoms with Gasteiger partial charge in [-0.05, 0) is 6.42 Å². The molecule has 0 aliphatic carbocycles. The van der Waals surface area contributed by atoms with E-state index in [1.165, 1.54) is 0 Å². The number of carbonyl (C=O) groups is 1. The van der Waals surface area contributed by atoms with Gasteiger partial charge >= 0.3 is 0 Å². The van der Waals surface area contributed by atoms with Crippen LogP contribution in [0.2, 0.25) is 0 Å². The van der Waals surface area contributed by atoms with Crippen LogP contribution < -0.4 is 5.32 Å². The number of nitrogens with one attached hydrogen (secondary N) is 1. The lowest BCUT2D eigenvalue weighted by atomic mass is 10.4. The first kappa shape index (κ1) is 8.95. The van der Waals surface area contributed by atoms with Crippen LogP contribution in [0.15, 0.2) is 0 Å². The minimum atomic E-state index is 0.135. The van der Waals surface area contributed by atoms with Crippen molar-refractivity contribution in [2.24, 2.45) is 0 Å². The smallest absolute Gasteiger partial charge is 0.219 e. The van der Waals surface area contributed by atoms with Crippen molar-refractivity contribution >= 4 is 21.8 Å². The summed E-state index contributed by atoms with van der Waals surface area (Å²) in [5, 5.41) is 3.72. The molecule has 0 rings (SSSR count). The average Bonchev–Trinajstić information content (AvgIpc) is 1.89. The van der Waals surface area contributed by atoms with Crippen LogP contribution in [0.3, 0.4) is 0 Å². The van der Waals surface area contributed by atoms with E-state index in [9.17, 15) is 4.79 Å². The maximum Gasteiger partial charge on any atom is 0.219 e. The Morgan fingerprint density at radius 1 is 1.67 bits per heavy atom. The summed E-state index contributed by atoms with van der Waals surface area (Å²) in [5.41, 5.74) is 0. The molecule has 0 aliphatic heterocycles. The molecule has 0 aromatic carbocycles. The number of carbonyl (C=O) groups excluding carboxylic acids is 1. The van der Waals surface area contributed by atoms with E-state index in [2.05, 4.69) is 21.2 Å². The molecule has 3 heteroatoms. The third-order valence-electron chi connectivity index (χ3n) is 0.954. The first-order chi connectivity index (χ1) is 4.31. The zero-order chi connectivity index (χ0) is 7.11. The van der Waals surface area contributed by atoms with E-state index >= 15 is 0 Å². The highest BCUT2D eigenvalue weighted by atomic mass is 79.9. The van der Waals surface area contributed by atoms with Crippen LogP contribution in [0.1, 0.15) is 19.8 Å². The minimum Gasteiger partial charge on any atom is -0.356 e. The predicted molar refractivity (Wildman–Crippen MR) is 41.7 cm³/mol. The number of amides is 1. The maximum absolute atomic E-state index is 10.6. The molecule has 0 radical (unpaired) electrons. The Morgan fingerprint density at radius 3 is 2.78 bits per heavy atom. The van der Waals surface area contributed by atoms with Gasteiger partial charge in [-0.1, -0.05) is 22.9 Å². The molecule has 54 valence electrons. The summed E-state index contributed by atoms with van der Waals surface area (Å²) in [5.74, 6) is 0.135. The zero-order valence-electron chi connectivity index (χ0n) is 5.61. The van der Waals surface area contributed by atoms with Crippen molar-refractivity contribution in [1.29, 1.82) is 0 Å². The molecule has 0 spiro atoms. The molecule has 0 aliphatic rings. The number of rotatable bonds is 4. The second-order valence-corrected chi connectivity index (χ2v) is 2.54. The zero-order valence-corrected chi connectivity index (χ0v) is 7.20. The number of alkyl halides is 1. The summed E-state index contributed by atoms with van der Waals surface area (Å²) in [6.45, 7) is 2.64. The molecule has 2 nitrogen and oxygen atoms in total. The first-order valence-electron chi connectivity index (χ1n) is 3.14. The van der Waals surface area contributed by atoms with E-state index < -0.39 is 0 Å². The normalized spacial score (nSPS) is 9.11. The van der Waals surface area contributed by atoms with Crippen molar-refractivity contribution in [3.8, 4) is 0 Å². The standard InChI is InChI=1S/C6H12BrNO/c1-2-6(9)8-5-3-4-7/h2-5H2,1H3,(H,8,9). The fraction of sp³-hybridized carbons (Fsp3) is 0.833. The third-order valence-corrected chi connectivity index (χ3v) is 1.51. The molecular weight excluding hydrogens is 182 g/mol. The largest absolute Gasteiger partial charge is 0.356 e. The van der Waals surface area contributed by atoms with E-state index in [1.807, 2.05) is 6.92 Å². The lowest BCUT2D eigenvalue weighted by Gasteiger charge is -1.98. The van der Waals surface area contributed by atoms with Crippen LogP contribution in [0.25, 0.3) is 0 Å². The van der Waals surface area contributed by atoms with Gasteiger partial charge in [0.1, 0.15) is 0 Å². The Kier molecular flexibility index (Phi) is 6.04. The lowest BCUT2D eigenvalue weighted by molar-refractivity contribution is -0.120. The highest BCUT2D eigenvalue weighted by Gasteiger charge is 1.92. The van der Waals surface area contributed by atoms with E-state index in [0.717, 1.165) is 18.3 Å². The Balaban J connectivity index is 2.97. The van der Waals surface area contributed by atoms with Crippen molar-refractivity contribution in [3.63, 3.8) is 0 Å². The molecule has 0 aromatic rings. The Bertz CT molecular complexity index is 85.1. The van der Waals surface area contributed by atoms with Gasteiger partial charge in [0.25, 0.3) is 0 Å². The molecule has 0 heterocycles. The van der Waals surface area contributed by atoms with Gasteiger partial charge in [0.05, 0.1) is 0 Å². The Hall–Kier alpha value is -0.0500. The molecule has 0 saturated carbocycles. The summed E-state index contributed by atoms with van der Waals surface area (Å²) in [6.07, 6.45) is 1.59. The first-order valence-corrected chi connectivity index (χ1v) is 4.26. The van der Waals surface area contributed by atoms with Gasteiger partial charge in [-0.25, -0.2) is 0 Å². The number of hydrogen-bond donors (Lipinski definition) is 1. The third kappa shape index (κ3) is 5.83. The molecule has 0 fully saturated rings. The summed E-state index contributed by atoms with van der Waals surface area (Å²) in [4.78, 5) is 10.6. The topological polar surface area (TPSA) is 29.1 Å². The fourth-order valence-electron chi connectivity index (χ4n) is 0.420. The van der Waals surface area contributed by atoms with Gasteiger partial charge in [0.15, 0.2) is 0 Å². The number of halogens is 1.